The fourth-order valence-electron chi connectivity index (χ4n) is 2.30. The molecule has 0 saturated heterocycles. The first-order valence-corrected chi connectivity index (χ1v) is 7.01. The lowest BCUT2D eigenvalue weighted by Gasteiger charge is -2.16. The maximum atomic E-state index is 12.2. The molecule has 2 rings (SSSR count). The van der Waals surface area contributed by atoms with Crippen molar-refractivity contribution in [3.63, 3.8) is 0 Å². The number of carbonyl (C=O) groups excluding carboxylic acids is 1. The molecule has 2 aromatic rings. The van der Waals surface area contributed by atoms with Crippen LogP contribution in [-0.4, -0.2) is 29.4 Å². The van der Waals surface area contributed by atoms with E-state index in [-0.39, 0.29) is 5.91 Å². The lowest BCUT2D eigenvalue weighted by Crippen LogP contribution is -2.29. The quantitative estimate of drug-likeness (QED) is 0.792. The molecule has 19 heavy (non-hydrogen) atoms. The van der Waals surface area contributed by atoms with Crippen LogP contribution in [0.4, 0.5) is 0 Å². The van der Waals surface area contributed by atoms with E-state index in [4.69, 9.17) is 0 Å². The van der Waals surface area contributed by atoms with Gasteiger partial charge in [0.15, 0.2) is 0 Å². The predicted octanol–water partition coefficient (Wildman–Crippen LogP) is 3.36. The van der Waals surface area contributed by atoms with Crippen LogP contribution in [0.15, 0.2) is 30.5 Å². The van der Waals surface area contributed by atoms with Crippen molar-refractivity contribution < 1.29 is 4.79 Å². The number of unbranched alkanes of at least 4 members (excludes halogenated alkanes) is 2. The van der Waals surface area contributed by atoms with Gasteiger partial charge in [-0.3, -0.25) is 4.79 Å². The SMILES string of the molecule is CCCCCN(C)C(=O)Cc1c[nH]c2ccccc12. The number of nitrogens with zero attached hydrogens (tertiary/aromatic N) is 1. The summed E-state index contributed by atoms with van der Waals surface area (Å²) in [6, 6.07) is 8.11. The van der Waals surface area contributed by atoms with Gasteiger partial charge in [-0.15, -0.1) is 0 Å². The van der Waals surface area contributed by atoms with Crippen molar-refractivity contribution in [3.8, 4) is 0 Å². The Morgan fingerprint density at radius 3 is 2.84 bits per heavy atom. The van der Waals surface area contributed by atoms with Crippen molar-refractivity contribution in [2.75, 3.05) is 13.6 Å². The molecule has 1 heterocycles. The molecular weight excluding hydrogens is 236 g/mol. The maximum Gasteiger partial charge on any atom is 0.226 e. The van der Waals surface area contributed by atoms with E-state index in [9.17, 15) is 4.79 Å². The highest BCUT2D eigenvalue weighted by molar-refractivity contribution is 5.88. The highest BCUT2D eigenvalue weighted by atomic mass is 16.2. The molecule has 3 heteroatoms. The maximum absolute atomic E-state index is 12.2. The third kappa shape index (κ3) is 3.37. The Morgan fingerprint density at radius 2 is 2.05 bits per heavy atom. The van der Waals surface area contributed by atoms with Crippen molar-refractivity contribution in [2.45, 2.75) is 32.6 Å². The Labute approximate surface area is 114 Å². The largest absolute Gasteiger partial charge is 0.361 e. The molecule has 0 spiro atoms. The molecule has 0 saturated carbocycles. The molecule has 0 aliphatic heterocycles. The Balaban J connectivity index is 1.98. The zero-order chi connectivity index (χ0) is 13.7. The molecule has 0 aliphatic rings. The summed E-state index contributed by atoms with van der Waals surface area (Å²) < 4.78 is 0. The number of para-hydroxylation sites is 1. The monoisotopic (exact) mass is 258 g/mol. The van der Waals surface area contributed by atoms with Crippen LogP contribution in [0.2, 0.25) is 0 Å². The molecule has 0 fully saturated rings. The summed E-state index contributed by atoms with van der Waals surface area (Å²) in [5.74, 6) is 0.195. The number of aromatic nitrogens is 1. The van der Waals surface area contributed by atoms with Crippen molar-refractivity contribution in [1.29, 1.82) is 0 Å². The summed E-state index contributed by atoms with van der Waals surface area (Å²) in [6.07, 6.45) is 5.89. The van der Waals surface area contributed by atoms with Crippen LogP contribution in [-0.2, 0) is 11.2 Å². The fourth-order valence-corrected chi connectivity index (χ4v) is 2.30. The van der Waals surface area contributed by atoms with Crippen LogP contribution < -0.4 is 0 Å². The number of H-pyrrole nitrogens is 1. The van der Waals surface area contributed by atoms with Crippen LogP contribution in [0.3, 0.4) is 0 Å². The minimum atomic E-state index is 0.195. The molecule has 1 amide bonds. The number of aromatic amines is 1. The Morgan fingerprint density at radius 1 is 1.26 bits per heavy atom. The number of carbonyl (C=O) groups is 1. The van der Waals surface area contributed by atoms with Gasteiger partial charge in [-0.2, -0.15) is 0 Å². The standard InChI is InChI=1S/C16H22N2O/c1-3-4-7-10-18(2)16(19)11-13-12-17-15-9-6-5-8-14(13)15/h5-6,8-9,12,17H,3-4,7,10-11H2,1-2H3. The molecule has 0 bridgehead atoms. The average molecular weight is 258 g/mol. The number of fused-ring (bicyclic) bond motifs is 1. The highest BCUT2D eigenvalue weighted by Crippen LogP contribution is 2.18. The molecular formula is C16H22N2O. The topological polar surface area (TPSA) is 36.1 Å². The van der Waals surface area contributed by atoms with Gasteiger partial charge in [0.1, 0.15) is 0 Å². The molecule has 1 aromatic carbocycles. The number of hydrogen-bond donors (Lipinski definition) is 1. The number of likely N-dealkylation sites (N-methyl/N-ethyl adjacent to an activating group) is 1. The lowest BCUT2D eigenvalue weighted by molar-refractivity contribution is -0.129. The number of amides is 1. The van der Waals surface area contributed by atoms with Crippen LogP contribution in [0.25, 0.3) is 10.9 Å². The van der Waals surface area contributed by atoms with Gasteiger partial charge >= 0.3 is 0 Å². The van der Waals surface area contributed by atoms with Gasteiger partial charge in [0, 0.05) is 30.7 Å². The molecule has 1 N–H and O–H groups in total. The zero-order valence-electron chi connectivity index (χ0n) is 11.8. The second kappa shape index (κ2) is 6.41. The van der Waals surface area contributed by atoms with Gasteiger partial charge in [-0.25, -0.2) is 0 Å². The zero-order valence-corrected chi connectivity index (χ0v) is 11.8. The van der Waals surface area contributed by atoms with E-state index in [1.807, 2.05) is 36.3 Å². The Hall–Kier alpha value is -1.77. The number of hydrogen-bond acceptors (Lipinski definition) is 1. The second-order valence-corrected chi connectivity index (χ2v) is 5.06. The third-order valence-electron chi connectivity index (χ3n) is 3.54. The summed E-state index contributed by atoms with van der Waals surface area (Å²) in [5, 5.41) is 1.15. The molecule has 0 atom stereocenters. The second-order valence-electron chi connectivity index (χ2n) is 5.06. The van der Waals surface area contributed by atoms with E-state index < -0.39 is 0 Å². The van der Waals surface area contributed by atoms with E-state index in [1.54, 1.807) is 0 Å². The van der Waals surface area contributed by atoms with Gasteiger partial charge in [0.2, 0.25) is 5.91 Å². The summed E-state index contributed by atoms with van der Waals surface area (Å²) in [7, 11) is 1.90. The normalized spacial score (nSPS) is 10.8. The molecule has 102 valence electrons. The van der Waals surface area contributed by atoms with E-state index in [0.29, 0.717) is 6.42 Å². The summed E-state index contributed by atoms with van der Waals surface area (Å²) >= 11 is 0. The minimum Gasteiger partial charge on any atom is -0.361 e. The molecule has 3 nitrogen and oxygen atoms in total. The molecule has 0 unspecified atom stereocenters. The van der Waals surface area contributed by atoms with Crippen molar-refractivity contribution in [2.24, 2.45) is 0 Å². The molecule has 1 aromatic heterocycles. The predicted molar refractivity (Wildman–Crippen MR) is 79.2 cm³/mol. The summed E-state index contributed by atoms with van der Waals surface area (Å²) in [5.41, 5.74) is 2.18. The minimum absolute atomic E-state index is 0.195. The summed E-state index contributed by atoms with van der Waals surface area (Å²) in [4.78, 5) is 17.2. The van der Waals surface area contributed by atoms with Crippen LogP contribution in [0.5, 0.6) is 0 Å². The van der Waals surface area contributed by atoms with Crippen molar-refractivity contribution >= 4 is 16.8 Å². The van der Waals surface area contributed by atoms with Gasteiger partial charge in [0.25, 0.3) is 0 Å². The van der Waals surface area contributed by atoms with Crippen LogP contribution in [0.1, 0.15) is 31.7 Å². The smallest absolute Gasteiger partial charge is 0.226 e. The van der Waals surface area contributed by atoms with E-state index >= 15 is 0 Å². The average Bonchev–Trinajstić information content (AvgIpc) is 2.82. The van der Waals surface area contributed by atoms with E-state index in [1.165, 1.54) is 12.8 Å². The fraction of sp³-hybridized carbons (Fsp3) is 0.438. The molecule has 0 aliphatic carbocycles. The van der Waals surface area contributed by atoms with Crippen LogP contribution in [0, 0.1) is 0 Å². The van der Waals surface area contributed by atoms with Crippen molar-refractivity contribution in [1.82, 2.24) is 9.88 Å². The van der Waals surface area contributed by atoms with E-state index in [0.717, 1.165) is 29.4 Å². The Kier molecular flexibility index (Phi) is 4.61. The Bertz CT molecular complexity index is 544. The first-order chi connectivity index (χ1) is 9.22. The van der Waals surface area contributed by atoms with Crippen LogP contribution >= 0.6 is 0 Å². The van der Waals surface area contributed by atoms with E-state index in [2.05, 4.69) is 18.0 Å². The number of nitrogens with one attached hydrogen (secondary N) is 1. The van der Waals surface area contributed by atoms with Gasteiger partial charge < -0.3 is 9.88 Å². The lowest BCUT2D eigenvalue weighted by atomic mass is 10.1. The highest BCUT2D eigenvalue weighted by Gasteiger charge is 2.12. The third-order valence-corrected chi connectivity index (χ3v) is 3.54. The summed E-state index contributed by atoms with van der Waals surface area (Å²) in [6.45, 7) is 3.03. The number of benzene rings is 1. The first kappa shape index (κ1) is 13.7. The van der Waals surface area contributed by atoms with Gasteiger partial charge in [-0.1, -0.05) is 38.0 Å². The van der Waals surface area contributed by atoms with Crippen molar-refractivity contribution in [3.05, 3.63) is 36.0 Å². The van der Waals surface area contributed by atoms with Gasteiger partial charge in [0.05, 0.1) is 6.42 Å². The number of rotatable bonds is 6. The van der Waals surface area contributed by atoms with Gasteiger partial charge in [-0.05, 0) is 18.1 Å². The first-order valence-electron chi connectivity index (χ1n) is 7.01. The molecule has 0 radical (unpaired) electrons.